The highest BCUT2D eigenvalue weighted by Gasteiger charge is 2.34. The van der Waals surface area contributed by atoms with Gasteiger partial charge in [0.25, 0.3) is 17.5 Å². The minimum absolute atomic E-state index is 0.0247. The average molecular weight is 445 g/mol. The molecule has 0 aromatic heterocycles. The van der Waals surface area contributed by atoms with Crippen LogP contribution in [0, 0.1) is 10.1 Å². The summed E-state index contributed by atoms with van der Waals surface area (Å²) in [5, 5.41) is 11.8. The Bertz CT molecular complexity index is 1090. The summed E-state index contributed by atoms with van der Waals surface area (Å²) in [7, 11) is 3.03. The van der Waals surface area contributed by atoms with Crippen molar-refractivity contribution in [3.05, 3.63) is 68.6 Å². The number of nitrogens with zero attached hydrogens (tertiary/aromatic N) is 2. The lowest BCUT2D eigenvalue weighted by Gasteiger charge is -2.15. The van der Waals surface area contributed by atoms with E-state index in [9.17, 15) is 19.7 Å². The molecule has 0 bridgehead atoms. The topological polar surface area (TPSA) is 111 Å². The molecule has 2 aromatic carbocycles. The van der Waals surface area contributed by atoms with Crippen molar-refractivity contribution in [2.45, 2.75) is 0 Å². The summed E-state index contributed by atoms with van der Waals surface area (Å²) in [5.41, 5.74) is 2.78. The van der Waals surface area contributed by atoms with Crippen molar-refractivity contribution in [1.82, 2.24) is 10.4 Å². The van der Waals surface area contributed by atoms with Crippen LogP contribution in [0.3, 0.4) is 0 Å². The Kier molecular flexibility index (Phi) is 6.33. The zero-order valence-corrected chi connectivity index (χ0v) is 17.4. The Balaban J connectivity index is 1.83. The summed E-state index contributed by atoms with van der Waals surface area (Å²) < 4.78 is 10.6. The van der Waals surface area contributed by atoms with Crippen molar-refractivity contribution in [2.24, 2.45) is 0 Å². The standard InChI is InChI=1S/C19H15N3O6S2/c1-27-14-6-7-15(28-2)12(9-14)10-16-18(24)21(19(29)30-16)20-17(23)11-4-3-5-13(8-11)22(25)26/h3-10H,1-2H3,(H,20,23)/b16-10-. The van der Waals surface area contributed by atoms with Gasteiger partial charge in [-0.05, 0) is 42.6 Å². The Morgan fingerprint density at radius 2 is 2.00 bits per heavy atom. The maximum Gasteiger partial charge on any atom is 0.285 e. The molecule has 0 radical (unpaired) electrons. The van der Waals surface area contributed by atoms with Gasteiger partial charge in [-0.25, -0.2) is 0 Å². The number of nitro benzene ring substituents is 1. The summed E-state index contributed by atoms with van der Waals surface area (Å²) >= 11 is 6.21. The number of carbonyl (C=O) groups is 2. The van der Waals surface area contributed by atoms with Crippen LogP contribution in [-0.2, 0) is 4.79 Å². The number of benzene rings is 2. The van der Waals surface area contributed by atoms with Gasteiger partial charge in [-0.1, -0.05) is 17.8 Å². The number of hydrogen-bond donors (Lipinski definition) is 1. The van der Waals surface area contributed by atoms with Crippen molar-refractivity contribution in [3.63, 3.8) is 0 Å². The summed E-state index contributed by atoms with van der Waals surface area (Å²) in [6.45, 7) is 0. The lowest BCUT2D eigenvalue weighted by molar-refractivity contribution is -0.384. The van der Waals surface area contributed by atoms with Crippen LogP contribution in [-0.4, -0.2) is 40.3 Å². The first kappa shape index (κ1) is 21.3. The number of thioether (sulfide) groups is 1. The second-order valence-corrected chi connectivity index (χ2v) is 7.55. The lowest BCUT2D eigenvalue weighted by Crippen LogP contribution is -2.44. The molecule has 30 heavy (non-hydrogen) atoms. The predicted octanol–water partition coefficient (Wildman–Crippen LogP) is 3.16. The second kappa shape index (κ2) is 8.93. The van der Waals surface area contributed by atoms with E-state index in [0.29, 0.717) is 17.1 Å². The molecular weight excluding hydrogens is 430 g/mol. The first-order valence-electron chi connectivity index (χ1n) is 8.39. The third-order valence-corrected chi connectivity index (χ3v) is 5.35. The molecule has 1 aliphatic rings. The largest absolute Gasteiger partial charge is 0.497 e. The van der Waals surface area contributed by atoms with Crippen LogP contribution in [0.1, 0.15) is 15.9 Å². The normalized spacial score (nSPS) is 14.7. The molecule has 1 aliphatic heterocycles. The van der Waals surface area contributed by atoms with Gasteiger partial charge in [0.2, 0.25) is 0 Å². The number of methoxy groups -OCH3 is 2. The lowest BCUT2D eigenvalue weighted by atomic mass is 10.1. The average Bonchev–Trinajstić information content (AvgIpc) is 3.01. The molecule has 3 rings (SSSR count). The molecule has 0 atom stereocenters. The van der Waals surface area contributed by atoms with Gasteiger partial charge < -0.3 is 9.47 Å². The summed E-state index contributed by atoms with van der Waals surface area (Å²) in [4.78, 5) is 35.8. The fourth-order valence-corrected chi connectivity index (χ4v) is 3.75. The zero-order chi connectivity index (χ0) is 21.8. The predicted molar refractivity (Wildman–Crippen MR) is 115 cm³/mol. The van der Waals surface area contributed by atoms with Crippen LogP contribution in [0.15, 0.2) is 47.4 Å². The van der Waals surface area contributed by atoms with E-state index in [2.05, 4.69) is 5.43 Å². The van der Waals surface area contributed by atoms with Crippen LogP contribution in [0.25, 0.3) is 6.08 Å². The van der Waals surface area contributed by atoms with Gasteiger partial charge in [0, 0.05) is 23.3 Å². The number of thiocarbonyl (C=S) groups is 1. The van der Waals surface area contributed by atoms with Crippen LogP contribution in [0.5, 0.6) is 11.5 Å². The van der Waals surface area contributed by atoms with E-state index < -0.39 is 16.7 Å². The third-order valence-electron chi connectivity index (χ3n) is 4.05. The Hall–Kier alpha value is -3.44. The van der Waals surface area contributed by atoms with Crippen LogP contribution >= 0.6 is 24.0 Å². The van der Waals surface area contributed by atoms with E-state index in [4.69, 9.17) is 21.7 Å². The zero-order valence-electron chi connectivity index (χ0n) is 15.8. The van der Waals surface area contributed by atoms with Crippen LogP contribution in [0.4, 0.5) is 5.69 Å². The number of nitro groups is 1. The molecule has 1 fully saturated rings. The highest BCUT2D eigenvalue weighted by molar-refractivity contribution is 8.26. The minimum atomic E-state index is -0.699. The SMILES string of the molecule is COc1ccc(OC)c(/C=C2\SC(=S)N(NC(=O)c3cccc([N+](=O)[O-])c3)C2=O)c1. The smallest absolute Gasteiger partial charge is 0.285 e. The van der Waals surface area contributed by atoms with Gasteiger partial charge in [0.1, 0.15) is 11.5 Å². The van der Waals surface area contributed by atoms with Crippen molar-refractivity contribution in [3.8, 4) is 11.5 Å². The molecule has 1 saturated heterocycles. The molecule has 1 N–H and O–H groups in total. The quantitative estimate of drug-likeness (QED) is 0.312. The summed E-state index contributed by atoms with van der Waals surface area (Å²) in [5.74, 6) is -0.123. The Labute approximate surface area is 180 Å². The fraction of sp³-hybridized carbons (Fsp3) is 0.105. The molecule has 0 saturated carbocycles. The maximum atomic E-state index is 12.8. The van der Waals surface area contributed by atoms with Gasteiger partial charge in [0.15, 0.2) is 4.32 Å². The third kappa shape index (κ3) is 4.42. The first-order chi connectivity index (χ1) is 14.3. The number of ether oxygens (including phenoxy) is 2. The van der Waals surface area contributed by atoms with Gasteiger partial charge in [-0.15, -0.1) is 0 Å². The Morgan fingerprint density at radius 1 is 1.23 bits per heavy atom. The first-order valence-corrected chi connectivity index (χ1v) is 9.62. The van der Waals surface area contributed by atoms with Crippen molar-refractivity contribution in [2.75, 3.05) is 14.2 Å². The molecular formula is C19H15N3O6S2. The molecule has 1 heterocycles. The fourth-order valence-electron chi connectivity index (χ4n) is 2.58. The van der Waals surface area contributed by atoms with Crippen molar-refractivity contribution in [1.29, 1.82) is 0 Å². The van der Waals surface area contributed by atoms with E-state index in [0.717, 1.165) is 22.8 Å². The molecule has 11 heteroatoms. The van der Waals surface area contributed by atoms with Gasteiger partial charge >= 0.3 is 0 Å². The van der Waals surface area contributed by atoms with E-state index in [1.807, 2.05) is 0 Å². The number of hydrazine groups is 1. The van der Waals surface area contributed by atoms with Gasteiger partial charge in [0.05, 0.1) is 24.0 Å². The molecule has 0 spiro atoms. The van der Waals surface area contributed by atoms with Crippen molar-refractivity contribution < 1.29 is 24.0 Å². The van der Waals surface area contributed by atoms with E-state index in [1.165, 1.54) is 32.4 Å². The van der Waals surface area contributed by atoms with E-state index in [1.54, 1.807) is 24.3 Å². The summed E-state index contributed by atoms with van der Waals surface area (Å²) in [6, 6.07) is 10.3. The molecule has 0 aliphatic carbocycles. The highest BCUT2D eigenvalue weighted by Crippen LogP contribution is 2.34. The minimum Gasteiger partial charge on any atom is -0.497 e. The number of carbonyl (C=O) groups excluding carboxylic acids is 2. The summed E-state index contributed by atoms with van der Waals surface area (Å²) in [6.07, 6.45) is 1.58. The van der Waals surface area contributed by atoms with E-state index in [-0.39, 0.29) is 20.5 Å². The van der Waals surface area contributed by atoms with Crippen LogP contribution in [0.2, 0.25) is 0 Å². The highest BCUT2D eigenvalue weighted by atomic mass is 32.2. The number of hydrogen-bond acceptors (Lipinski definition) is 8. The molecule has 2 aromatic rings. The monoisotopic (exact) mass is 445 g/mol. The molecule has 0 unspecified atom stereocenters. The number of nitrogens with one attached hydrogen (secondary N) is 1. The molecule has 154 valence electrons. The van der Waals surface area contributed by atoms with Crippen molar-refractivity contribution >= 4 is 51.9 Å². The second-order valence-electron chi connectivity index (χ2n) is 5.87. The maximum absolute atomic E-state index is 12.8. The number of amides is 2. The molecule has 9 nitrogen and oxygen atoms in total. The Morgan fingerprint density at radius 3 is 2.67 bits per heavy atom. The number of non-ortho nitro benzene ring substituents is 1. The molecule has 2 amide bonds. The van der Waals surface area contributed by atoms with Crippen LogP contribution < -0.4 is 14.9 Å². The van der Waals surface area contributed by atoms with E-state index >= 15 is 0 Å². The van der Waals surface area contributed by atoms with Gasteiger partial charge in [-0.3, -0.25) is 25.1 Å². The van der Waals surface area contributed by atoms with Gasteiger partial charge in [-0.2, -0.15) is 5.01 Å². The number of rotatable bonds is 6.